The Morgan fingerprint density at radius 1 is 0.821 bits per heavy atom. The summed E-state index contributed by atoms with van der Waals surface area (Å²) in [6.45, 7) is -0.816. The van der Waals surface area contributed by atoms with Gasteiger partial charge in [-0.3, -0.25) is 29.4 Å². The van der Waals surface area contributed by atoms with Crippen molar-refractivity contribution in [2.45, 2.75) is 42.8 Å². The number of ether oxygens (including phenoxy) is 3. The molecule has 6 atom stereocenters. The number of nitrogens with one attached hydrogen (secondary N) is 1. The van der Waals surface area contributed by atoms with Crippen molar-refractivity contribution in [3.63, 3.8) is 0 Å². The fourth-order valence-corrected chi connectivity index (χ4v) is 12.1. The van der Waals surface area contributed by atoms with Crippen LogP contribution in [-0.2, 0) is 42.4 Å². The zero-order valence-corrected chi connectivity index (χ0v) is 41.9. The van der Waals surface area contributed by atoms with Crippen LogP contribution in [-0.4, -0.2) is 78.0 Å². The van der Waals surface area contributed by atoms with Crippen molar-refractivity contribution in [1.29, 1.82) is 0 Å². The maximum absolute atomic E-state index is 16.9. The van der Waals surface area contributed by atoms with E-state index >= 15 is 19.2 Å². The number of aliphatic hydroxyl groups excluding tert-OH is 1. The molecule has 1 spiro atoms. The van der Waals surface area contributed by atoms with Gasteiger partial charge in [0.25, 0.3) is 5.69 Å². The maximum Gasteiger partial charge on any atom is 0.421 e. The number of rotatable bonds is 12. The minimum absolute atomic E-state index is 0.0437. The van der Waals surface area contributed by atoms with E-state index in [-0.39, 0.29) is 47.6 Å². The number of nitro groups is 1. The Morgan fingerprint density at radius 3 is 2.28 bits per heavy atom. The van der Waals surface area contributed by atoms with Crippen molar-refractivity contribution >= 4 is 73.0 Å². The smallest absolute Gasteiger partial charge is 0.421 e. The number of cyclic esters (lactones) is 1. The maximum atomic E-state index is 16.9. The topological polar surface area (TPSA) is 221 Å². The van der Waals surface area contributed by atoms with Crippen molar-refractivity contribution in [1.82, 2.24) is 24.9 Å². The molecule has 0 unspecified atom stereocenters. The zero-order chi connectivity index (χ0) is 53.5. The summed E-state index contributed by atoms with van der Waals surface area (Å²) in [5.74, 6) is 2.43. The van der Waals surface area contributed by atoms with E-state index in [0.29, 0.717) is 38.9 Å². The molecule has 0 bridgehead atoms. The largest absolute Gasteiger partial charge is 0.491 e. The molecule has 78 heavy (non-hydrogen) atoms. The van der Waals surface area contributed by atoms with E-state index in [9.17, 15) is 15.2 Å². The zero-order valence-electron chi connectivity index (χ0n) is 41.1. The predicted octanol–water partition coefficient (Wildman–Crippen LogP) is 9.01. The molecule has 2 aromatic heterocycles. The Labute approximate surface area is 448 Å². The van der Waals surface area contributed by atoms with Gasteiger partial charge < -0.3 is 24.6 Å². The van der Waals surface area contributed by atoms with Gasteiger partial charge in [-0.15, -0.1) is 5.10 Å². The third-order valence-corrected chi connectivity index (χ3v) is 15.4. The first-order valence-electron chi connectivity index (χ1n) is 24.9. The highest BCUT2D eigenvalue weighted by atomic mass is 32.1. The molecule has 5 heterocycles. The quantitative estimate of drug-likeness (QED) is 0.0505. The Kier molecular flexibility index (Phi) is 12.9. The van der Waals surface area contributed by atoms with E-state index in [0.717, 1.165) is 15.1 Å². The van der Waals surface area contributed by atoms with Crippen LogP contribution in [0.1, 0.15) is 51.6 Å². The Morgan fingerprint density at radius 2 is 1.53 bits per heavy atom. The molecule has 3 aliphatic heterocycles. The van der Waals surface area contributed by atoms with Crippen LogP contribution in [0, 0.1) is 27.9 Å². The molecule has 3 amide bonds. The summed E-state index contributed by atoms with van der Waals surface area (Å²) in [7, 11) is 0. The van der Waals surface area contributed by atoms with Crippen molar-refractivity contribution in [2.75, 3.05) is 23.4 Å². The van der Waals surface area contributed by atoms with Crippen LogP contribution in [0.2, 0.25) is 0 Å². The average molecular weight is 1060 g/mol. The molecule has 0 aliphatic carbocycles. The van der Waals surface area contributed by atoms with Gasteiger partial charge >= 0.3 is 12.1 Å². The third kappa shape index (κ3) is 8.53. The lowest BCUT2D eigenvalue weighted by Gasteiger charge is -2.46. The molecule has 2 saturated heterocycles. The van der Waals surface area contributed by atoms with Gasteiger partial charge in [-0.25, -0.2) is 19.4 Å². The molecular weight excluding hydrogens is 1010 g/mol. The van der Waals surface area contributed by atoms with Gasteiger partial charge in [0, 0.05) is 23.3 Å². The van der Waals surface area contributed by atoms with E-state index in [1.807, 2.05) is 108 Å². The molecule has 19 heteroatoms. The van der Waals surface area contributed by atoms with Gasteiger partial charge in [-0.1, -0.05) is 132 Å². The molecule has 386 valence electrons. The van der Waals surface area contributed by atoms with Gasteiger partial charge in [0.1, 0.15) is 48.6 Å². The molecule has 18 nitrogen and oxygen atoms in total. The molecule has 3 aliphatic rings. The molecular formula is C59H44N8O10S. The van der Waals surface area contributed by atoms with E-state index in [1.165, 1.54) is 35.6 Å². The SMILES string of the molecule is O=C1O[C@H](c2ccccc2)[C@H](c2ccccc2)N2[C@H]1[C@@H](C(=O)Nc1nc3ccccc3s1)[C@]1(C(=O)N(C(=O)OCc3ccc([N+](=O)[O-])cc3)c3ccc(C#CCn4nnc5ccccc54)cc31)[C@H]2c1ccccc1OCCO. The lowest BCUT2D eigenvalue weighted by molar-refractivity contribution is -0.384. The molecule has 9 aromatic rings. The molecule has 2 fully saturated rings. The van der Waals surface area contributed by atoms with E-state index in [1.54, 1.807) is 53.2 Å². The fourth-order valence-electron chi connectivity index (χ4n) is 11.2. The summed E-state index contributed by atoms with van der Waals surface area (Å²) in [4.78, 5) is 82.3. The van der Waals surface area contributed by atoms with Crippen molar-refractivity contribution in [3.8, 4) is 17.6 Å². The number of esters is 1. The first-order valence-corrected chi connectivity index (χ1v) is 25.7. The van der Waals surface area contributed by atoms with Gasteiger partial charge in [-0.05, 0) is 82.9 Å². The number of non-ortho nitro benzene ring substituents is 1. The van der Waals surface area contributed by atoms with Crippen LogP contribution in [0.5, 0.6) is 5.75 Å². The van der Waals surface area contributed by atoms with Crippen LogP contribution in [0.4, 0.5) is 21.3 Å². The summed E-state index contributed by atoms with van der Waals surface area (Å²) in [6.07, 6.45) is -2.14. The molecule has 0 radical (unpaired) electrons. The normalized spacial score (nSPS) is 20.4. The fraction of sp³-hybridized carbons (Fsp3) is 0.169. The van der Waals surface area contributed by atoms with Crippen molar-refractivity contribution in [3.05, 3.63) is 219 Å². The summed E-state index contributed by atoms with van der Waals surface area (Å²) in [5.41, 5.74) is 2.26. The van der Waals surface area contributed by atoms with Crippen LogP contribution in [0.3, 0.4) is 0 Å². The van der Waals surface area contributed by atoms with Gasteiger partial charge in [-0.2, -0.15) is 0 Å². The number of amides is 3. The molecule has 12 rings (SSSR count). The number of hydrogen-bond donors (Lipinski definition) is 2. The van der Waals surface area contributed by atoms with Crippen LogP contribution < -0.4 is 15.0 Å². The standard InChI is InChI=1S/C59H44N8O10S/c68-32-33-75-47-23-11-7-19-41(47)53-59(49(54(69)61-57-60-44-21-9-12-24-48(44)78-57)51-55(70)77-52(39-17-5-2-6-18-39)50(66(51)53)38-15-3-1-4-16-38)42-34-36(14-13-31-64-46-22-10-8-20-43(46)62-63-64)27-30-45(42)65(56(59)71)58(72)76-35-37-25-28-40(29-26-37)67(73)74/h1-12,15-30,34,49-53,68H,31-33,35H2,(H,60,61,69)/t49-,50-,51-,52+,53+,59-/m0/s1. The number of fused-ring (bicyclic) bond motifs is 5. The number of carbonyl (C=O) groups excluding carboxylic acids is 4. The second-order valence-electron chi connectivity index (χ2n) is 18.7. The monoisotopic (exact) mass is 1060 g/mol. The first-order chi connectivity index (χ1) is 38.1. The minimum atomic E-state index is -2.25. The van der Waals surface area contributed by atoms with Crippen LogP contribution in [0.25, 0.3) is 21.3 Å². The number of imide groups is 1. The number of thiazole rings is 1. The average Bonchev–Trinajstić information content (AvgIpc) is 2.48. The number of nitrogens with zero attached hydrogens (tertiary/aromatic N) is 7. The van der Waals surface area contributed by atoms with Gasteiger partial charge in [0.15, 0.2) is 5.13 Å². The Bertz CT molecular complexity index is 3850. The number of nitro benzene ring substituents is 1. The van der Waals surface area contributed by atoms with Crippen molar-refractivity contribution < 1.29 is 43.4 Å². The lowest BCUT2D eigenvalue weighted by atomic mass is 9.65. The highest BCUT2D eigenvalue weighted by molar-refractivity contribution is 7.22. The van der Waals surface area contributed by atoms with E-state index in [4.69, 9.17) is 19.2 Å². The highest BCUT2D eigenvalue weighted by Gasteiger charge is 2.76. The van der Waals surface area contributed by atoms with Crippen LogP contribution >= 0.6 is 11.3 Å². The summed E-state index contributed by atoms with van der Waals surface area (Å²) >= 11 is 1.21. The first kappa shape index (κ1) is 49.3. The third-order valence-electron chi connectivity index (χ3n) is 14.4. The van der Waals surface area contributed by atoms with Crippen LogP contribution in [0.15, 0.2) is 176 Å². The summed E-state index contributed by atoms with van der Waals surface area (Å²) in [5, 5.41) is 33.5. The van der Waals surface area contributed by atoms with Gasteiger partial charge in [0.2, 0.25) is 11.8 Å². The Hall–Kier alpha value is -9.61. The number of hydrogen-bond acceptors (Lipinski definition) is 15. The van der Waals surface area contributed by atoms with Crippen molar-refractivity contribution in [2.24, 2.45) is 5.92 Å². The minimum Gasteiger partial charge on any atom is -0.491 e. The molecule has 7 aromatic carbocycles. The second-order valence-corrected chi connectivity index (χ2v) is 19.8. The summed E-state index contributed by atoms with van der Waals surface area (Å²) < 4.78 is 21.3. The number of carbonyl (C=O) groups is 4. The number of aromatic nitrogens is 4. The Balaban J connectivity index is 1.11. The number of para-hydroxylation sites is 3. The number of morpholine rings is 1. The molecule has 2 N–H and O–H groups in total. The second kappa shape index (κ2) is 20.5. The summed E-state index contributed by atoms with van der Waals surface area (Å²) in [6, 6.07) is 46.7. The number of anilines is 2. The van der Waals surface area contributed by atoms with E-state index < -0.39 is 71.0 Å². The van der Waals surface area contributed by atoms with Gasteiger partial charge in [0.05, 0.1) is 51.0 Å². The number of benzene rings is 7. The number of aliphatic hydroxyl groups is 1. The highest BCUT2D eigenvalue weighted by Crippen LogP contribution is 2.67. The lowest BCUT2D eigenvalue weighted by Crippen LogP contribution is -2.54. The van der Waals surface area contributed by atoms with E-state index in [2.05, 4.69) is 27.5 Å². The predicted molar refractivity (Wildman–Crippen MR) is 287 cm³/mol. The molecule has 0 saturated carbocycles.